The van der Waals surface area contributed by atoms with Gasteiger partial charge < -0.3 is 4.74 Å². The van der Waals surface area contributed by atoms with Gasteiger partial charge in [-0.2, -0.15) is 0 Å². The van der Waals surface area contributed by atoms with Gasteiger partial charge >= 0.3 is 5.97 Å². The summed E-state index contributed by atoms with van der Waals surface area (Å²) in [6.07, 6.45) is 2.31. The Labute approximate surface area is 62.7 Å². The van der Waals surface area contributed by atoms with Crippen LogP contribution < -0.4 is 0 Å². The molecule has 0 aliphatic rings. The summed E-state index contributed by atoms with van der Waals surface area (Å²) in [6, 6.07) is 0. The van der Waals surface area contributed by atoms with Crippen molar-refractivity contribution in [1.82, 2.24) is 0 Å². The lowest BCUT2D eigenvalue weighted by Gasteiger charge is -1.97. The van der Waals surface area contributed by atoms with Gasteiger partial charge in [0.1, 0.15) is 6.61 Å². The van der Waals surface area contributed by atoms with Crippen molar-refractivity contribution in [2.45, 2.75) is 20.2 Å². The van der Waals surface area contributed by atoms with Crippen LogP contribution in [0.15, 0.2) is 11.6 Å². The third-order valence-corrected chi connectivity index (χ3v) is 1.04. The number of hydrogen-bond donors (Lipinski definition) is 0. The lowest BCUT2D eigenvalue weighted by Crippen LogP contribution is -1.98. The number of carbonyl (C=O) groups is 1. The molecule has 10 heavy (non-hydrogen) atoms. The number of hydrogen-bond acceptors (Lipinski definition) is 2. The van der Waals surface area contributed by atoms with Crippen molar-refractivity contribution in [2.75, 3.05) is 6.61 Å². The molecule has 0 unspecified atom stereocenters. The van der Waals surface area contributed by atoms with Gasteiger partial charge in [0.2, 0.25) is 0 Å². The van der Waals surface area contributed by atoms with Crippen molar-refractivity contribution in [3.8, 4) is 0 Å². The predicted octanol–water partition coefficient (Wildman–Crippen LogP) is 1.08. The third-order valence-electron chi connectivity index (χ3n) is 1.04. The molecule has 0 saturated carbocycles. The van der Waals surface area contributed by atoms with Crippen molar-refractivity contribution < 1.29 is 9.53 Å². The van der Waals surface area contributed by atoms with E-state index in [2.05, 4.69) is 4.74 Å². The molecule has 0 fully saturated rings. The molecule has 54 valence electrons. The molecule has 0 heterocycles. The average Bonchev–Trinajstić information content (AvgIpc) is 1.87. The largest absolute Gasteiger partial charge is 0.462 e. The smallest absolute Gasteiger partial charge is 0.302 e. The van der Waals surface area contributed by atoms with E-state index in [4.69, 9.17) is 7.85 Å². The molecule has 0 spiro atoms. The van der Waals surface area contributed by atoms with Crippen LogP contribution in [0.25, 0.3) is 0 Å². The number of esters is 1. The molecule has 0 aromatic heterocycles. The van der Waals surface area contributed by atoms with Gasteiger partial charge in [-0.1, -0.05) is 11.9 Å². The quantitative estimate of drug-likeness (QED) is 0.331. The average molecular weight is 138 g/mol. The van der Waals surface area contributed by atoms with Crippen LogP contribution in [-0.2, 0) is 9.53 Å². The maximum atomic E-state index is 10.2. The zero-order valence-electron chi connectivity index (χ0n) is 6.39. The summed E-state index contributed by atoms with van der Waals surface area (Å²) < 4.78 is 4.64. The summed E-state index contributed by atoms with van der Waals surface area (Å²) in [6.45, 7) is 3.60. The van der Waals surface area contributed by atoms with Gasteiger partial charge in [-0.05, 0) is 13.0 Å². The van der Waals surface area contributed by atoms with Crippen LogP contribution in [0.2, 0.25) is 6.32 Å². The maximum absolute atomic E-state index is 10.2. The molecule has 0 aliphatic carbocycles. The Morgan fingerprint density at radius 3 is 2.60 bits per heavy atom. The van der Waals surface area contributed by atoms with Gasteiger partial charge in [0.05, 0.1) is 7.85 Å². The Morgan fingerprint density at radius 2 is 2.20 bits per heavy atom. The topological polar surface area (TPSA) is 26.3 Å². The summed E-state index contributed by atoms with van der Waals surface area (Å²) in [5.74, 6) is -0.263. The van der Waals surface area contributed by atoms with E-state index < -0.39 is 0 Å². The monoisotopic (exact) mass is 138 g/mol. The second kappa shape index (κ2) is 5.09. The normalized spacial score (nSPS) is 11.2. The van der Waals surface area contributed by atoms with E-state index in [1.807, 2.05) is 6.92 Å². The van der Waals surface area contributed by atoms with Crippen LogP contribution in [0, 0.1) is 0 Å². The lowest BCUT2D eigenvalue weighted by molar-refractivity contribution is -0.139. The third kappa shape index (κ3) is 5.41. The van der Waals surface area contributed by atoms with Gasteiger partial charge in [-0.25, -0.2) is 0 Å². The SMILES string of the molecule is [B]C/C(C)=C/COC(C)=O. The van der Waals surface area contributed by atoms with Crippen LogP contribution in [0.3, 0.4) is 0 Å². The summed E-state index contributed by atoms with van der Waals surface area (Å²) in [7, 11) is 5.28. The minimum atomic E-state index is -0.263. The fourth-order valence-corrected chi connectivity index (χ4v) is 0.385. The van der Waals surface area contributed by atoms with Crippen molar-refractivity contribution in [2.24, 2.45) is 0 Å². The predicted molar refractivity (Wildman–Crippen MR) is 41.0 cm³/mol. The highest BCUT2D eigenvalue weighted by Gasteiger charge is 1.88. The summed E-state index contributed by atoms with van der Waals surface area (Å²) in [5.41, 5.74) is 1.03. The number of carbonyl (C=O) groups excluding carboxylic acids is 1. The van der Waals surface area contributed by atoms with E-state index in [0.717, 1.165) is 5.57 Å². The molecule has 0 amide bonds. The minimum absolute atomic E-state index is 0.263. The van der Waals surface area contributed by atoms with E-state index in [9.17, 15) is 4.79 Å². The van der Waals surface area contributed by atoms with E-state index in [1.165, 1.54) is 6.92 Å². The zero-order chi connectivity index (χ0) is 7.98. The molecular weight excluding hydrogens is 127 g/mol. The molecule has 3 heteroatoms. The van der Waals surface area contributed by atoms with E-state index in [1.54, 1.807) is 6.08 Å². The maximum Gasteiger partial charge on any atom is 0.302 e. The molecule has 0 rings (SSSR count). The standard InChI is InChI=1S/C7H11BO2/c1-6(5-8)3-4-10-7(2)9/h3H,4-5H2,1-2H3/b6-3+. The summed E-state index contributed by atoms with van der Waals surface area (Å²) in [5, 5.41) is 0. The van der Waals surface area contributed by atoms with Gasteiger partial charge in [0, 0.05) is 6.92 Å². The Hall–Kier alpha value is -0.725. The molecule has 0 atom stereocenters. The molecule has 2 radical (unpaired) electrons. The summed E-state index contributed by atoms with van der Waals surface area (Å²) in [4.78, 5) is 10.2. The Morgan fingerprint density at radius 1 is 1.60 bits per heavy atom. The van der Waals surface area contributed by atoms with E-state index in [-0.39, 0.29) is 5.97 Å². The van der Waals surface area contributed by atoms with Gasteiger partial charge in [-0.15, -0.1) is 0 Å². The van der Waals surface area contributed by atoms with Crippen LogP contribution >= 0.6 is 0 Å². The van der Waals surface area contributed by atoms with Crippen LogP contribution in [0.5, 0.6) is 0 Å². The van der Waals surface area contributed by atoms with Gasteiger partial charge in [0.25, 0.3) is 0 Å². The second-order valence-electron chi connectivity index (χ2n) is 2.06. The molecular formula is C7H11BO2. The van der Waals surface area contributed by atoms with Gasteiger partial charge in [-0.3, -0.25) is 4.79 Å². The first-order chi connectivity index (χ1) is 4.66. The number of rotatable bonds is 3. The Bertz CT molecular complexity index is 141. The van der Waals surface area contributed by atoms with E-state index in [0.29, 0.717) is 12.9 Å². The minimum Gasteiger partial charge on any atom is -0.462 e. The molecule has 2 nitrogen and oxygen atoms in total. The van der Waals surface area contributed by atoms with Crippen molar-refractivity contribution in [3.63, 3.8) is 0 Å². The fourth-order valence-electron chi connectivity index (χ4n) is 0.385. The molecule has 0 saturated heterocycles. The number of ether oxygens (including phenoxy) is 1. The Balaban J connectivity index is 3.43. The highest BCUT2D eigenvalue weighted by molar-refractivity contribution is 6.10. The van der Waals surface area contributed by atoms with Crippen LogP contribution in [0.4, 0.5) is 0 Å². The van der Waals surface area contributed by atoms with Crippen LogP contribution in [0.1, 0.15) is 13.8 Å². The van der Waals surface area contributed by atoms with Crippen LogP contribution in [-0.4, -0.2) is 20.4 Å². The molecule has 0 aromatic carbocycles. The first-order valence-corrected chi connectivity index (χ1v) is 3.16. The highest BCUT2D eigenvalue weighted by atomic mass is 16.5. The lowest BCUT2D eigenvalue weighted by atomic mass is 9.98. The molecule has 0 aromatic rings. The molecule has 0 bridgehead atoms. The second-order valence-corrected chi connectivity index (χ2v) is 2.06. The van der Waals surface area contributed by atoms with Crippen molar-refractivity contribution in [1.29, 1.82) is 0 Å². The Kier molecular flexibility index (Phi) is 4.72. The fraction of sp³-hybridized carbons (Fsp3) is 0.571. The molecule has 0 N–H and O–H groups in total. The zero-order valence-corrected chi connectivity index (χ0v) is 6.39. The van der Waals surface area contributed by atoms with E-state index >= 15 is 0 Å². The van der Waals surface area contributed by atoms with Gasteiger partial charge in [0.15, 0.2) is 0 Å². The number of allylic oxidation sites excluding steroid dienone is 1. The van der Waals surface area contributed by atoms with Crippen molar-refractivity contribution in [3.05, 3.63) is 11.6 Å². The van der Waals surface area contributed by atoms with Crippen molar-refractivity contribution >= 4 is 13.8 Å². The first-order valence-electron chi connectivity index (χ1n) is 3.16. The first kappa shape index (κ1) is 9.27. The summed E-state index contributed by atoms with van der Waals surface area (Å²) >= 11 is 0. The highest BCUT2D eigenvalue weighted by Crippen LogP contribution is 1.95. The molecule has 0 aliphatic heterocycles.